The third-order valence-electron chi connectivity index (χ3n) is 4.82. The summed E-state index contributed by atoms with van der Waals surface area (Å²) >= 11 is 0. The molecule has 1 aliphatic rings. The third kappa shape index (κ3) is 5.99. The number of carbonyl (C=O) groups is 1. The van der Waals surface area contributed by atoms with E-state index in [2.05, 4.69) is 10.0 Å². The Balaban J connectivity index is 1.57. The van der Waals surface area contributed by atoms with Crippen molar-refractivity contribution in [2.24, 2.45) is 0 Å². The molecule has 0 aromatic heterocycles. The minimum Gasteiger partial charge on any atom is -0.394 e. The molecule has 8 heteroatoms. The summed E-state index contributed by atoms with van der Waals surface area (Å²) in [5.74, 6) is -0.300. The van der Waals surface area contributed by atoms with E-state index in [0.717, 1.165) is 11.1 Å². The van der Waals surface area contributed by atoms with Crippen molar-refractivity contribution >= 4 is 21.6 Å². The third-order valence-corrected chi connectivity index (χ3v) is 6.21. The van der Waals surface area contributed by atoms with Gasteiger partial charge in [-0.25, -0.2) is 13.1 Å². The highest BCUT2D eigenvalue weighted by molar-refractivity contribution is 7.89. The van der Waals surface area contributed by atoms with E-state index in [-0.39, 0.29) is 24.7 Å². The van der Waals surface area contributed by atoms with E-state index in [1.807, 2.05) is 54.6 Å². The van der Waals surface area contributed by atoms with Crippen LogP contribution in [0.2, 0.25) is 0 Å². The van der Waals surface area contributed by atoms with E-state index in [1.54, 1.807) is 12.2 Å². The van der Waals surface area contributed by atoms with Gasteiger partial charge in [-0.1, -0.05) is 54.6 Å². The topological polar surface area (TPSA) is 105 Å². The molecular formula is C22H26N2O5S. The van der Waals surface area contributed by atoms with Crippen LogP contribution in [0.5, 0.6) is 0 Å². The SMILES string of the molecule is CCS(=O)(=O)N[C@H]1C=C[C@@H](CC(=O)Nc2ccc(-c3ccccc3)cc2)O[C@@H]1CO. The molecule has 1 aliphatic heterocycles. The van der Waals surface area contributed by atoms with Crippen molar-refractivity contribution in [1.82, 2.24) is 4.72 Å². The lowest BCUT2D eigenvalue weighted by atomic mass is 10.0. The molecule has 0 fully saturated rings. The highest BCUT2D eigenvalue weighted by Gasteiger charge is 2.30. The molecule has 2 aromatic carbocycles. The summed E-state index contributed by atoms with van der Waals surface area (Å²) in [5, 5.41) is 12.4. The highest BCUT2D eigenvalue weighted by Crippen LogP contribution is 2.22. The smallest absolute Gasteiger partial charge is 0.227 e. The number of hydrogen-bond donors (Lipinski definition) is 3. The van der Waals surface area contributed by atoms with Crippen molar-refractivity contribution in [1.29, 1.82) is 0 Å². The fourth-order valence-electron chi connectivity index (χ4n) is 3.17. The number of nitrogens with one attached hydrogen (secondary N) is 2. The van der Waals surface area contributed by atoms with Crippen LogP contribution in [0.15, 0.2) is 66.7 Å². The fraction of sp³-hybridized carbons (Fsp3) is 0.318. The summed E-state index contributed by atoms with van der Waals surface area (Å²) in [7, 11) is -3.44. The molecule has 3 atom stereocenters. The maximum Gasteiger partial charge on any atom is 0.227 e. The highest BCUT2D eigenvalue weighted by atomic mass is 32.2. The number of benzene rings is 2. The lowest BCUT2D eigenvalue weighted by molar-refractivity contribution is -0.120. The molecule has 2 aromatic rings. The van der Waals surface area contributed by atoms with Crippen LogP contribution in [0.25, 0.3) is 11.1 Å². The number of carbonyl (C=O) groups excluding carboxylic acids is 1. The van der Waals surface area contributed by atoms with E-state index in [1.165, 1.54) is 6.92 Å². The van der Waals surface area contributed by atoms with Gasteiger partial charge in [-0.15, -0.1) is 0 Å². The molecule has 0 unspecified atom stereocenters. The zero-order valence-corrected chi connectivity index (χ0v) is 17.5. The molecule has 3 N–H and O–H groups in total. The van der Waals surface area contributed by atoms with Crippen molar-refractivity contribution in [3.63, 3.8) is 0 Å². The Kier molecular flexibility index (Phi) is 7.38. The van der Waals surface area contributed by atoms with Gasteiger partial charge in [0.15, 0.2) is 0 Å². The summed E-state index contributed by atoms with van der Waals surface area (Å²) in [6.07, 6.45) is 2.03. The van der Waals surface area contributed by atoms with Gasteiger partial charge in [0, 0.05) is 5.69 Å². The van der Waals surface area contributed by atoms with Crippen molar-refractivity contribution in [3.8, 4) is 11.1 Å². The van der Waals surface area contributed by atoms with Gasteiger partial charge in [-0.3, -0.25) is 4.79 Å². The lowest BCUT2D eigenvalue weighted by Crippen LogP contribution is -2.49. The van der Waals surface area contributed by atoms with Crippen LogP contribution in [0.4, 0.5) is 5.69 Å². The first-order chi connectivity index (χ1) is 14.4. The molecule has 30 heavy (non-hydrogen) atoms. The molecule has 0 bridgehead atoms. The Hall–Kier alpha value is -2.52. The van der Waals surface area contributed by atoms with Crippen molar-refractivity contribution in [3.05, 3.63) is 66.7 Å². The number of rotatable bonds is 8. The van der Waals surface area contributed by atoms with Crippen LogP contribution in [-0.2, 0) is 19.6 Å². The average Bonchev–Trinajstić information content (AvgIpc) is 2.75. The summed E-state index contributed by atoms with van der Waals surface area (Å²) in [4.78, 5) is 12.4. The second-order valence-electron chi connectivity index (χ2n) is 7.02. The molecule has 1 amide bonds. The van der Waals surface area contributed by atoms with E-state index in [9.17, 15) is 18.3 Å². The maximum absolute atomic E-state index is 12.4. The summed E-state index contributed by atoms with van der Waals surface area (Å²) in [6.45, 7) is 1.17. The largest absolute Gasteiger partial charge is 0.394 e. The molecule has 0 saturated carbocycles. The number of ether oxygens (including phenoxy) is 1. The predicted molar refractivity (Wildman–Crippen MR) is 116 cm³/mol. The quantitative estimate of drug-likeness (QED) is 0.558. The van der Waals surface area contributed by atoms with Crippen LogP contribution in [0, 0.1) is 0 Å². The Morgan fingerprint density at radius 1 is 1.03 bits per heavy atom. The van der Waals surface area contributed by atoms with Gasteiger partial charge in [0.2, 0.25) is 15.9 Å². The van der Waals surface area contributed by atoms with E-state index < -0.39 is 28.3 Å². The summed E-state index contributed by atoms with van der Waals surface area (Å²) in [6, 6.07) is 16.8. The number of hydrogen-bond acceptors (Lipinski definition) is 5. The van der Waals surface area contributed by atoms with Gasteiger partial charge in [0.05, 0.1) is 30.9 Å². The minimum atomic E-state index is -3.44. The van der Waals surface area contributed by atoms with Gasteiger partial charge in [-0.2, -0.15) is 0 Å². The second kappa shape index (κ2) is 9.99. The second-order valence-corrected chi connectivity index (χ2v) is 9.07. The predicted octanol–water partition coefficient (Wildman–Crippen LogP) is 2.31. The van der Waals surface area contributed by atoms with Gasteiger partial charge < -0.3 is 15.2 Å². The first-order valence-corrected chi connectivity index (χ1v) is 11.5. The van der Waals surface area contributed by atoms with Crippen molar-refractivity contribution in [2.45, 2.75) is 31.6 Å². The molecule has 0 spiro atoms. The summed E-state index contributed by atoms with van der Waals surface area (Å²) < 4.78 is 31.7. The number of aliphatic hydroxyl groups excluding tert-OH is 1. The Morgan fingerprint density at radius 2 is 1.70 bits per heavy atom. The van der Waals surface area contributed by atoms with Gasteiger partial charge in [-0.05, 0) is 30.2 Å². The normalized spacial score (nSPS) is 21.3. The summed E-state index contributed by atoms with van der Waals surface area (Å²) in [5.41, 5.74) is 2.82. The number of sulfonamides is 1. The molecule has 160 valence electrons. The van der Waals surface area contributed by atoms with Crippen molar-refractivity contribution in [2.75, 3.05) is 17.7 Å². The molecule has 0 saturated heterocycles. The molecule has 0 aliphatic carbocycles. The lowest BCUT2D eigenvalue weighted by Gasteiger charge is -2.31. The van der Waals surface area contributed by atoms with Crippen molar-refractivity contribution < 1.29 is 23.1 Å². The van der Waals surface area contributed by atoms with Gasteiger partial charge in [0.25, 0.3) is 0 Å². The molecular weight excluding hydrogens is 404 g/mol. The van der Waals surface area contributed by atoms with E-state index in [0.29, 0.717) is 5.69 Å². The first-order valence-electron chi connectivity index (χ1n) is 9.80. The van der Waals surface area contributed by atoms with Crippen LogP contribution < -0.4 is 10.0 Å². The zero-order valence-electron chi connectivity index (χ0n) is 16.7. The van der Waals surface area contributed by atoms with Crippen LogP contribution in [-0.4, -0.2) is 50.0 Å². The first kappa shape index (κ1) is 22.2. The minimum absolute atomic E-state index is 0.0562. The Labute approximate surface area is 176 Å². The number of anilines is 1. The standard InChI is InChI=1S/C22H26N2O5S/c1-2-30(27,28)24-20-13-12-19(29-21(20)15-25)14-22(26)23-18-10-8-17(9-11-18)16-6-4-3-5-7-16/h3-13,19-21,24-25H,2,14-15H2,1H3,(H,23,26)/t19-,20-,21+/m0/s1. The van der Waals surface area contributed by atoms with Crippen LogP contribution >= 0.6 is 0 Å². The average molecular weight is 431 g/mol. The molecule has 1 heterocycles. The monoisotopic (exact) mass is 430 g/mol. The fourth-order valence-corrected chi connectivity index (χ4v) is 3.98. The molecule has 0 radical (unpaired) electrons. The molecule has 7 nitrogen and oxygen atoms in total. The van der Waals surface area contributed by atoms with E-state index >= 15 is 0 Å². The zero-order chi connectivity index (χ0) is 21.6. The van der Waals surface area contributed by atoms with Gasteiger partial charge in [0.1, 0.15) is 6.10 Å². The van der Waals surface area contributed by atoms with E-state index in [4.69, 9.17) is 4.74 Å². The maximum atomic E-state index is 12.4. The Morgan fingerprint density at radius 3 is 2.33 bits per heavy atom. The number of aliphatic hydroxyl groups is 1. The van der Waals surface area contributed by atoms with Crippen LogP contribution in [0.3, 0.4) is 0 Å². The Bertz CT molecular complexity index is 974. The van der Waals surface area contributed by atoms with Crippen LogP contribution in [0.1, 0.15) is 13.3 Å². The number of amides is 1. The molecule has 3 rings (SSSR count). The van der Waals surface area contributed by atoms with Gasteiger partial charge >= 0.3 is 0 Å².